The highest BCUT2D eigenvalue weighted by Gasteiger charge is 2.42. The zero-order chi connectivity index (χ0) is 23.8. The highest BCUT2D eigenvalue weighted by molar-refractivity contribution is 7.92. The standard InChI is InChI=1S/C23H24N8O2S/c1-3-23(34(2,32)33)14-21(31-20(26-23)12-13-25-31)24-15-16-8-10-17(11-9-16)18-6-4-5-7-19(18)22-27-29-30-28-22/h4-14,24-25H,3,15H2,1-2H3,(H,27,28,29,30). The maximum Gasteiger partial charge on any atom is 0.185 e. The van der Waals surface area contributed by atoms with Crippen molar-refractivity contribution >= 4 is 15.7 Å². The van der Waals surface area contributed by atoms with Crippen molar-refractivity contribution < 1.29 is 8.42 Å². The van der Waals surface area contributed by atoms with Crippen LogP contribution in [0.1, 0.15) is 18.9 Å². The number of tetrazole rings is 1. The van der Waals surface area contributed by atoms with E-state index in [4.69, 9.17) is 0 Å². The number of rotatable bonds is 7. The molecule has 0 radical (unpaired) electrons. The summed E-state index contributed by atoms with van der Waals surface area (Å²) in [5, 5.41) is 19.3. The van der Waals surface area contributed by atoms with Gasteiger partial charge in [-0.3, -0.25) is 5.43 Å². The first kappa shape index (κ1) is 21.8. The summed E-state index contributed by atoms with van der Waals surface area (Å²) in [5.41, 5.74) is 7.10. The molecule has 0 amide bonds. The molecule has 0 saturated heterocycles. The molecule has 0 aliphatic carbocycles. The normalized spacial score (nSPS) is 19.3. The van der Waals surface area contributed by atoms with E-state index >= 15 is 0 Å². The van der Waals surface area contributed by atoms with Crippen LogP contribution in [0.4, 0.5) is 0 Å². The quantitative estimate of drug-likeness (QED) is 0.474. The number of sulfone groups is 1. The largest absolute Gasteiger partial charge is 0.366 e. The first-order valence-electron chi connectivity index (χ1n) is 10.8. The van der Waals surface area contributed by atoms with Gasteiger partial charge in [0.15, 0.2) is 26.4 Å². The number of aromatic nitrogens is 4. The molecule has 11 heteroatoms. The van der Waals surface area contributed by atoms with Crippen molar-refractivity contribution in [3.63, 3.8) is 0 Å². The molecule has 1 atom stereocenters. The Labute approximate surface area is 197 Å². The average molecular weight is 477 g/mol. The molecule has 2 aromatic carbocycles. The van der Waals surface area contributed by atoms with Crippen LogP contribution in [-0.2, 0) is 16.4 Å². The Bertz CT molecular complexity index is 1390. The Morgan fingerprint density at radius 3 is 2.53 bits per heavy atom. The number of hydrazine groups is 1. The number of aromatic amines is 1. The van der Waals surface area contributed by atoms with Gasteiger partial charge in [0.25, 0.3) is 0 Å². The van der Waals surface area contributed by atoms with Gasteiger partial charge in [-0.1, -0.05) is 55.5 Å². The van der Waals surface area contributed by atoms with Gasteiger partial charge >= 0.3 is 0 Å². The molecule has 0 saturated carbocycles. The molecule has 0 fully saturated rings. The molecule has 2 aliphatic heterocycles. The molecule has 174 valence electrons. The van der Waals surface area contributed by atoms with E-state index in [9.17, 15) is 8.42 Å². The first-order chi connectivity index (χ1) is 16.4. The smallest absolute Gasteiger partial charge is 0.185 e. The van der Waals surface area contributed by atoms with E-state index < -0.39 is 14.7 Å². The Morgan fingerprint density at radius 1 is 1.09 bits per heavy atom. The Kier molecular flexibility index (Phi) is 5.40. The Morgan fingerprint density at radius 2 is 1.85 bits per heavy atom. The van der Waals surface area contributed by atoms with Gasteiger partial charge < -0.3 is 5.32 Å². The molecule has 3 heterocycles. The van der Waals surface area contributed by atoms with Crippen molar-refractivity contribution in [2.75, 3.05) is 6.26 Å². The summed E-state index contributed by atoms with van der Waals surface area (Å²) in [6.45, 7) is 2.33. The van der Waals surface area contributed by atoms with Crippen LogP contribution in [0.25, 0.3) is 22.5 Å². The molecule has 5 rings (SSSR count). The minimum absolute atomic E-state index is 0.344. The highest BCUT2D eigenvalue weighted by atomic mass is 32.2. The van der Waals surface area contributed by atoms with Gasteiger partial charge in [0, 0.05) is 36.7 Å². The summed E-state index contributed by atoms with van der Waals surface area (Å²) in [5.74, 6) is 1.82. The first-order valence-corrected chi connectivity index (χ1v) is 12.7. The predicted molar refractivity (Wildman–Crippen MR) is 129 cm³/mol. The second kappa shape index (κ2) is 8.41. The van der Waals surface area contributed by atoms with Crippen molar-refractivity contribution in [1.82, 2.24) is 36.4 Å². The van der Waals surface area contributed by atoms with Crippen LogP contribution in [0.5, 0.6) is 0 Å². The minimum atomic E-state index is -3.46. The molecule has 1 aromatic heterocycles. The van der Waals surface area contributed by atoms with Crippen LogP contribution in [0.15, 0.2) is 77.7 Å². The van der Waals surface area contributed by atoms with Gasteiger partial charge in [0.05, 0.1) is 0 Å². The molecule has 0 spiro atoms. The van der Waals surface area contributed by atoms with E-state index in [1.165, 1.54) is 6.26 Å². The Balaban J connectivity index is 1.37. The molecule has 3 aromatic rings. The van der Waals surface area contributed by atoms with Gasteiger partial charge in [-0.25, -0.2) is 23.5 Å². The van der Waals surface area contributed by atoms with E-state index in [1.54, 1.807) is 23.4 Å². The molecule has 2 aliphatic rings. The van der Waals surface area contributed by atoms with Crippen molar-refractivity contribution in [2.45, 2.75) is 24.8 Å². The lowest BCUT2D eigenvalue weighted by Crippen LogP contribution is -2.48. The van der Waals surface area contributed by atoms with Crippen LogP contribution >= 0.6 is 0 Å². The summed E-state index contributed by atoms with van der Waals surface area (Å²) >= 11 is 0. The molecule has 0 bridgehead atoms. The zero-order valence-electron chi connectivity index (χ0n) is 18.7. The average Bonchev–Trinajstić information content (AvgIpc) is 3.54. The number of nitrogens with one attached hydrogen (secondary N) is 3. The second-order valence-corrected chi connectivity index (χ2v) is 10.4. The van der Waals surface area contributed by atoms with Crippen molar-refractivity contribution in [3.05, 3.63) is 78.3 Å². The van der Waals surface area contributed by atoms with Crippen LogP contribution < -0.4 is 10.7 Å². The van der Waals surface area contributed by atoms with E-state index in [2.05, 4.69) is 36.4 Å². The third-order valence-electron chi connectivity index (χ3n) is 5.99. The van der Waals surface area contributed by atoms with E-state index in [-0.39, 0.29) is 0 Å². The molecule has 1 unspecified atom stereocenters. The maximum atomic E-state index is 12.6. The fourth-order valence-corrected chi connectivity index (χ4v) is 5.19. The van der Waals surface area contributed by atoms with E-state index in [1.807, 2.05) is 55.5 Å². The van der Waals surface area contributed by atoms with Crippen LogP contribution in [-0.4, -0.2) is 51.0 Å². The lowest BCUT2D eigenvalue weighted by atomic mass is 9.98. The SMILES string of the molecule is CCC1(S(C)(=O)=O)C=C(NCc2ccc(-c3ccccc3-c3nnn[nH]3)cc2)N2NC=CC2=N1. The van der Waals surface area contributed by atoms with Gasteiger partial charge in [-0.15, -0.1) is 5.10 Å². The lowest BCUT2D eigenvalue weighted by molar-refractivity contribution is 0.394. The molecular weight excluding hydrogens is 452 g/mol. The summed E-state index contributed by atoms with van der Waals surface area (Å²) < 4.78 is 25.2. The third kappa shape index (κ3) is 3.83. The van der Waals surface area contributed by atoms with Crippen molar-refractivity contribution in [2.24, 2.45) is 4.99 Å². The van der Waals surface area contributed by atoms with Gasteiger partial charge in [-0.2, -0.15) is 0 Å². The second-order valence-electron chi connectivity index (χ2n) is 8.11. The number of H-pyrrole nitrogens is 1. The van der Waals surface area contributed by atoms with Gasteiger partial charge in [-0.05, 0) is 33.5 Å². The number of hydrogen-bond acceptors (Lipinski definition) is 9. The fourth-order valence-electron chi connectivity index (χ4n) is 4.08. The van der Waals surface area contributed by atoms with Crippen LogP contribution in [0.2, 0.25) is 0 Å². The number of hydrogen-bond donors (Lipinski definition) is 3. The third-order valence-corrected chi connectivity index (χ3v) is 7.77. The summed E-state index contributed by atoms with van der Waals surface area (Å²) in [6.07, 6.45) is 6.75. The van der Waals surface area contributed by atoms with Crippen LogP contribution in [0.3, 0.4) is 0 Å². The summed E-state index contributed by atoms with van der Waals surface area (Å²) in [7, 11) is -3.46. The number of amidine groups is 1. The van der Waals surface area contributed by atoms with Gasteiger partial charge in [0.2, 0.25) is 0 Å². The topological polar surface area (TPSA) is 128 Å². The highest BCUT2D eigenvalue weighted by Crippen LogP contribution is 2.32. The minimum Gasteiger partial charge on any atom is -0.366 e. The molecule has 34 heavy (non-hydrogen) atoms. The number of nitrogens with zero attached hydrogens (tertiary/aromatic N) is 5. The summed E-state index contributed by atoms with van der Waals surface area (Å²) in [6, 6.07) is 16.1. The maximum absolute atomic E-state index is 12.6. The summed E-state index contributed by atoms with van der Waals surface area (Å²) in [4.78, 5) is 3.23. The monoisotopic (exact) mass is 476 g/mol. The molecular formula is C23H24N8O2S. The predicted octanol–water partition coefficient (Wildman–Crippen LogP) is 2.36. The van der Waals surface area contributed by atoms with Crippen LogP contribution in [0, 0.1) is 0 Å². The number of benzene rings is 2. The zero-order valence-corrected chi connectivity index (χ0v) is 19.5. The number of fused-ring (bicyclic) bond motifs is 1. The van der Waals surface area contributed by atoms with E-state index in [0.29, 0.717) is 30.4 Å². The lowest BCUT2D eigenvalue weighted by Gasteiger charge is -2.34. The Hall–Kier alpha value is -3.99. The number of aliphatic imine (C=N–C) groups is 1. The van der Waals surface area contributed by atoms with Crippen molar-refractivity contribution in [1.29, 1.82) is 0 Å². The van der Waals surface area contributed by atoms with Gasteiger partial charge in [0.1, 0.15) is 5.82 Å². The van der Waals surface area contributed by atoms with Crippen molar-refractivity contribution in [3.8, 4) is 22.5 Å². The molecule has 10 nitrogen and oxygen atoms in total. The van der Waals surface area contributed by atoms with E-state index in [0.717, 1.165) is 22.3 Å². The fraction of sp³-hybridized carbons (Fsp3) is 0.217. The molecule has 3 N–H and O–H groups in total.